The Hall–Kier alpha value is -6.45. The average Bonchev–Trinajstić information content (AvgIpc) is 3.76. The van der Waals surface area contributed by atoms with Crippen LogP contribution in [0.15, 0.2) is 180 Å². The van der Waals surface area contributed by atoms with Gasteiger partial charge >= 0.3 is 0 Å². The molecule has 0 radical (unpaired) electrons. The highest BCUT2D eigenvalue weighted by Crippen LogP contribution is 2.51. The van der Waals surface area contributed by atoms with Gasteiger partial charge in [0, 0.05) is 27.7 Å². The predicted molar refractivity (Wildman–Crippen MR) is 220 cm³/mol. The van der Waals surface area contributed by atoms with Crippen LogP contribution in [0.4, 0.5) is 17.1 Å². The fourth-order valence-corrected chi connectivity index (χ4v) is 8.44. The maximum atomic E-state index is 6.29. The van der Waals surface area contributed by atoms with Crippen LogP contribution in [0.2, 0.25) is 0 Å². The smallest absolute Gasteiger partial charge is 0.202 e. The second-order valence-electron chi connectivity index (χ2n) is 14.7. The van der Waals surface area contributed by atoms with E-state index in [4.69, 9.17) is 9.40 Å². The SMILES string of the molecule is CC1(C)c2ccccc2-c2cc(N(c3ccc(-c4ccc5ccc6oc(C7C=CC=CC7)nc6c5c4)cc3)c3ccccc3-c3ccccc3)ccc21. The fourth-order valence-electron chi connectivity index (χ4n) is 8.44. The molecule has 0 fully saturated rings. The topological polar surface area (TPSA) is 29.3 Å². The molecule has 2 aliphatic rings. The Morgan fingerprint density at radius 1 is 0.604 bits per heavy atom. The van der Waals surface area contributed by atoms with Gasteiger partial charge in [-0.15, -0.1) is 0 Å². The van der Waals surface area contributed by atoms with Crippen LogP contribution >= 0.6 is 0 Å². The highest BCUT2D eigenvalue weighted by atomic mass is 16.3. The molecular weight excluding hydrogens is 645 g/mol. The maximum absolute atomic E-state index is 6.29. The van der Waals surface area contributed by atoms with Gasteiger partial charge < -0.3 is 9.32 Å². The average molecular weight is 683 g/mol. The van der Waals surface area contributed by atoms with Gasteiger partial charge in [0.1, 0.15) is 5.52 Å². The lowest BCUT2D eigenvalue weighted by atomic mass is 9.82. The van der Waals surface area contributed by atoms with E-state index in [2.05, 4.69) is 189 Å². The molecule has 0 N–H and O–H groups in total. The highest BCUT2D eigenvalue weighted by molar-refractivity contribution is 6.05. The van der Waals surface area contributed by atoms with E-state index < -0.39 is 0 Å². The third-order valence-corrected chi connectivity index (χ3v) is 11.2. The van der Waals surface area contributed by atoms with Crippen molar-refractivity contribution < 1.29 is 4.42 Å². The van der Waals surface area contributed by atoms with Crippen LogP contribution in [0.3, 0.4) is 0 Å². The summed E-state index contributed by atoms with van der Waals surface area (Å²) < 4.78 is 6.29. The molecular formula is C50H38N2O. The number of allylic oxidation sites excluding steroid dienone is 4. The summed E-state index contributed by atoms with van der Waals surface area (Å²) in [6.07, 6.45) is 9.41. The summed E-state index contributed by atoms with van der Waals surface area (Å²) >= 11 is 0. The van der Waals surface area contributed by atoms with Crippen molar-refractivity contribution in [3.8, 4) is 33.4 Å². The number of hydrogen-bond donors (Lipinski definition) is 0. The molecule has 3 heteroatoms. The maximum Gasteiger partial charge on any atom is 0.202 e. The van der Waals surface area contributed by atoms with Crippen LogP contribution in [0.25, 0.3) is 55.3 Å². The molecule has 1 aromatic heterocycles. The van der Waals surface area contributed by atoms with Gasteiger partial charge in [-0.2, -0.15) is 0 Å². The van der Waals surface area contributed by atoms with Crippen molar-refractivity contribution in [3.05, 3.63) is 193 Å². The number of hydrogen-bond acceptors (Lipinski definition) is 3. The molecule has 7 aromatic carbocycles. The Labute approximate surface area is 310 Å². The number of benzene rings is 7. The zero-order valence-electron chi connectivity index (χ0n) is 29.8. The molecule has 0 saturated carbocycles. The molecule has 0 bridgehead atoms. The summed E-state index contributed by atoms with van der Waals surface area (Å²) in [4.78, 5) is 7.44. The Kier molecular flexibility index (Phi) is 7.29. The zero-order valence-corrected chi connectivity index (χ0v) is 29.8. The molecule has 10 rings (SSSR count). The zero-order chi connectivity index (χ0) is 35.5. The van der Waals surface area contributed by atoms with Gasteiger partial charge in [-0.3, -0.25) is 0 Å². The third-order valence-electron chi connectivity index (χ3n) is 11.2. The standard InChI is InChI=1S/C50H38N2O/c1-50(2)44-19-11-9-18-41(44)43-32-39(28-29-45(43)50)52(46-20-12-10-17-40(46)34-13-5-3-6-14-34)38-26-23-33(24-27-38)37-22-21-35-25-30-47-48(42(35)31-37)51-49(53-47)36-15-7-4-8-16-36/h3-15,17-32,36H,16H2,1-2H3. The normalized spacial score (nSPS) is 15.5. The van der Waals surface area contributed by atoms with Crippen molar-refractivity contribution in [3.63, 3.8) is 0 Å². The minimum atomic E-state index is -0.0534. The minimum absolute atomic E-state index is 0.0534. The quantitative estimate of drug-likeness (QED) is 0.175. The molecule has 2 aliphatic carbocycles. The van der Waals surface area contributed by atoms with E-state index in [1.807, 2.05) is 6.07 Å². The third kappa shape index (κ3) is 5.23. The molecule has 1 heterocycles. The van der Waals surface area contributed by atoms with Crippen LogP contribution in [0, 0.1) is 0 Å². The van der Waals surface area contributed by atoms with Crippen LogP contribution < -0.4 is 4.90 Å². The lowest BCUT2D eigenvalue weighted by molar-refractivity contribution is 0.505. The summed E-state index contributed by atoms with van der Waals surface area (Å²) in [6, 6.07) is 55.1. The number of para-hydroxylation sites is 1. The van der Waals surface area contributed by atoms with Crippen molar-refractivity contribution in [1.29, 1.82) is 0 Å². The van der Waals surface area contributed by atoms with Crippen molar-refractivity contribution in [1.82, 2.24) is 4.98 Å². The monoisotopic (exact) mass is 682 g/mol. The van der Waals surface area contributed by atoms with Crippen LogP contribution in [0.5, 0.6) is 0 Å². The first-order chi connectivity index (χ1) is 26.0. The van der Waals surface area contributed by atoms with Gasteiger partial charge in [0.2, 0.25) is 5.89 Å². The largest absolute Gasteiger partial charge is 0.440 e. The highest BCUT2D eigenvalue weighted by Gasteiger charge is 2.35. The van der Waals surface area contributed by atoms with Gasteiger partial charge in [-0.25, -0.2) is 4.98 Å². The lowest BCUT2D eigenvalue weighted by Gasteiger charge is -2.29. The first-order valence-electron chi connectivity index (χ1n) is 18.5. The summed E-state index contributed by atoms with van der Waals surface area (Å²) in [5.41, 5.74) is 15.1. The molecule has 0 saturated heterocycles. The second kappa shape index (κ2) is 12.4. The minimum Gasteiger partial charge on any atom is -0.440 e. The molecule has 53 heavy (non-hydrogen) atoms. The molecule has 0 aliphatic heterocycles. The van der Waals surface area contributed by atoms with E-state index >= 15 is 0 Å². The van der Waals surface area contributed by atoms with E-state index in [1.165, 1.54) is 33.4 Å². The van der Waals surface area contributed by atoms with Crippen molar-refractivity contribution in [2.45, 2.75) is 31.6 Å². The summed E-state index contributed by atoms with van der Waals surface area (Å²) in [5.74, 6) is 0.942. The molecule has 3 nitrogen and oxygen atoms in total. The molecule has 0 spiro atoms. The number of anilines is 3. The Morgan fingerprint density at radius 3 is 2.15 bits per heavy atom. The van der Waals surface area contributed by atoms with Crippen molar-refractivity contribution in [2.75, 3.05) is 4.90 Å². The van der Waals surface area contributed by atoms with E-state index in [-0.39, 0.29) is 11.3 Å². The summed E-state index contributed by atoms with van der Waals surface area (Å²) in [6.45, 7) is 4.67. The van der Waals surface area contributed by atoms with Crippen LogP contribution in [0.1, 0.15) is 43.2 Å². The van der Waals surface area contributed by atoms with Crippen molar-refractivity contribution >= 4 is 38.9 Å². The number of fused-ring (bicyclic) bond motifs is 6. The van der Waals surface area contributed by atoms with Gasteiger partial charge in [-0.05, 0) is 93.2 Å². The van der Waals surface area contributed by atoms with Crippen molar-refractivity contribution in [2.24, 2.45) is 0 Å². The molecule has 1 unspecified atom stereocenters. The van der Waals surface area contributed by atoms with E-state index in [0.717, 1.165) is 62.4 Å². The van der Waals surface area contributed by atoms with Gasteiger partial charge in [0.15, 0.2) is 5.58 Å². The molecule has 8 aromatic rings. The van der Waals surface area contributed by atoms with Crippen LogP contribution in [-0.2, 0) is 5.41 Å². The van der Waals surface area contributed by atoms with Gasteiger partial charge in [-0.1, -0.05) is 147 Å². The molecule has 1 atom stereocenters. The first-order valence-corrected chi connectivity index (χ1v) is 18.5. The van der Waals surface area contributed by atoms with Crippen LogP contribution in [-0.4, -0.2) is 4.98 Å². The number of nitrogens with zero attached hydrogens (tertiary/aromatic N) is 2. The number of rotatable bonds is 6. The predicted octanol–water partition coefficient (Wildman–Crippen LogP) is 13.7. The van der Waals surface area contributed by atoms with E-state index in [9.17, 15) is 0 Å². The second-order valence-corrected chi connectivity index (χ2v) is 14.7. The molecule has 254 valence electrons. The van der Waals surface area contributed by atoms with Gasteiger partial charge in [0.05, 0.1) is 11.6 Å². The Morgan fingerprint density at radius 2 is 1.32 bits per heavy atom. The molecule has 0 amide bonds. The van der Waals surface area contributed by atoms with Gasteiger partial charge in [0.25, 0.3) is 0 Å². The summed E-state index contributed by atoms with van der Waals surface area (Å²) in [5, 5.41) is 2.26. The Balaban J connectivity index is 1.09. The lowest BCUT2D eigenvalue weighted by Crippen LogP contribution is -2.15. The number of oxazole rings is 1. The van der Waals surface area contributed by atoms with E-state index in [0.29, 0.717) is 0 Å². The number of aromatic nitrogens is 1. The first kappa shape index (κ1) is 31.3. The fraction of sp³-hybridized carbons (Fsp3) is 0.100. The Bertz CT molecular complexity index is 2730. The summed E-state index contributed by atoms with van der Waals surface area (Å²) in [7, 11) is 0. The van der Waals surface area contributed by atoms with E-state index in [1.54, 1.807) is 0 Å².